The van der Waals surface area contributed by atoms with Gasteiger partial charge in [0.1, 0.15) is 0 Å². The van der Waals surface area contributed by atoms with Gasteiger partial charge in [-0.25, -0.2) is 4.98 Å². The molecular formula is C12H10ClIN5+. The van der Waals surface area contributed by atoms with Crippen LogP contribution in [-0.4, -0.2) is 15.0 Å². The van der Waals surface area contributed by atoms with Gasteiger partial charge >= 0.3 is 10.9 Å². The largest absolute Gasteiger partial charge is 0.363 e. The van der Waals surface area contributed by atoms with E-state index < -0.39 is 0 Å². The number of aromatic nitrogens is 4. The fourth-order valence-electron chi connectivity index (χ4n) is 1.81. The number of nitrogens with zero attached hydrogens (tertiary/aromatic N) is 2. The van der Waals surface area contributed by atoms with Crippen LogP contribution >= 0.6 is 34.2 Å². The molecule has 0 amide bonds. The number of halogens is 2. The Morgan fingerprint density at radius 2 is 2.26 bits per heavy atom. The van der Waals surface area contributed by atoms with Crippen molar-refractivity contribution >= 4 is 51.2 Å². The Morgan fingerprint density at radius 3 is 3.11 bits per heavy atom. The van der Waals surface area contributed by atoms with E-state index in [4.69, 9.17) is 11.6 Å². The number of aromatic amines is 2. The third-order valence-electron chi connectivity index (χ3n) is 2.66. The summed E-state index contributed by atoms with van der Waals surface area (Å²) >= 11 is 8.18. The number of hydrogen-bond acceptors (Lipinski definition) is 3. The number of imidazole rings is 1. The Morgan fingerprint density at radius 1 is 1.37 bits per heavy atom. The third-order valence-corrected chi connectivity index (χ3v) is 3.50. The van der Waals surface area contributed by atoms with Gasteiger partial charge < -0.3 is 5.32 Å². The second-order valence-corrected chi connectivity index (χ2v) is 5.57. The fraction of sp³-hybridized carbons (Fsp3) is 0.0833. The number of rotatable bonds is 3. The second kappa shape index (κ2) is 5.30. The normalized spacial score (nSPS) is 10.8. The van der Waals surface area contributed by atoms with E-state index in [0.29, 0.717) is 18.0 Å². The van der Waals surface area contributed by atoms with Crippen molar-refractivity contribution in [3.05, 3.63) is 45.0 Å². The van der Waals surface area contributed by atoms with Crippen molar-refractivity contribution in [1.82, 2.24) is 15.0 Å². The van der Waals surface area contributed by atoms with Crippen molar-refractivity contribution in [3.63, 3.8) is 0 Å². The summed E-state index contributed by atoms with van der Waals surface area (Å²) in [5.41, 5.74) is 2.69. The third kappa shape index (κ3) is 2.79. The molecule has 0 aliphatic heterocycles. The van der Waals surface area contributed by atoms with Crippen LogP contribution in [0.15, 0.2) is 30.6 Å². The Balaban J connectivity index is 1.87. The molecule has 7 heteroatoms. The van der Waals surface area contributed by atoms with Crippen molar-refractivity contribution in [1.29, 1.82) is 0 Å². The van der Waals surface area contributed by atoms with Crippen molar-refractivity contribution in [3.8, 4) is 0 Å². The highest BCUT2D eigenvalue weighted by Gasteiger charge is 2.14. The summed E-state index contributed by atoms with van der Waals surface area (Å²) in [4.78, 5) is 14.3. The zero-order valence-corrected chi connectivity index (χ0v) is 12.7. The average Bonchev–Trinajstić information content (AvgIpc) is 2.84. The zero-order valence-electron chi connectivity index (χ0n) is 9.74. The van der Waals surface area contributed by atoms with E-state index >= 15 is 0 Å². The first-order valence-corrected chi connectivity index (χ1v) is 7.08. The molecule has 0 aliphatic rings. The Hall–Kier alpha value is -1.41. The van der Waals surface area contributed by atoms with Crippen molar-refractivity contribution in [2.24, 2.45) is 0 Å². The Kier molecular flexibility index (Phi) is 3.52. The first kappa shape index (κ1) is 12.6. The Bertz CT molecular complexity index is 727. The number of anilines is 1. The van der Waals surface area contributed by atoms with Gasteiger partial charge in [-0.2, -0.15) is 4.98 Å². The molecule has 0 unspecified atom stereocenters. The monoisotopic (exact) mass is 386 g/mol. The standard InChI is InChI=1S/C12H9ClIN5/c13-12-18-10(9-11(19-12)17-6-16-9)15-5-7-2-1-3-8(14)4-7/h1-4,6H,5H2,(H2,15,16,17,18,19)/p+1. The quantitative estimate of drug-likeness (QED) is 0.537. The SMILES string of the molecule is Clc1nc(NCc2cccc(I)c2)c2[nH]c[nH+]c2n1. The van der Waals surface area contributed by atoms with E-state index in [-0.39, 0.29) is 5.28 Å². The van der Waals surface area contributed by atoms with Crippen LogP contribution in [0.1, 0.15) is 5.56 Å². The van der Waals surface area contributed by atoms with E-state index in [0.717, 1.165) is 5.52 Å². The molecule has 0 saturated heterocycles. The van der Waals surface area contributed by atoms with Gasteiger partial charge in [0.25, 0.3) is 0 Å². The van der Waals surface area contributed by atoms with Gasteiger partial charge in [0.2, 0.25) is 5.52 Å². The van der Waals surface area contributed by atoms with Crippen LogP contribution in [0, 0.1) is 3.57 Å². The van der Waals surface area contributed by atoms with Gasteiger partial charge in [-0.1, -0.05) is 17.1 Å². The van der Waals surface area contributed by atoms with Crippen LogP contribution in [-0.2, 0) is 6.54 Å². The highest BCUT2D eigenvalue weighted by molar-refractivity contribution is 14.1. The van der Waals surface area contributed by atoms with E-state index in [1.54, 1.807) is 6.33 Å². The summed E-state index contributed by atoms with van der Waals surface area (Å²) in [7, 11) is 0. The molecule has 5 nitrogen and oxygen atoms in total. The molecule has 0 bridgehead atoms. The molecule has 3 rings (SSSR count). The lowest BCUT2D eigenvalue weighted by Crippen LogP contribution is -2.05. The smallest absolute Gasteiger partial charge is 0.306 e. The molecule has 96 valence electrons. The topological polar surface area (TPSA) is 67.7 Å². The van der Waals surface area contributed by atoms with Crippen molar-refractivity contribution in [2.75, 3.05) is 5.32 Å². The molecular weight excluding hydrogens is 377 g/mol. The van der Waals surface area contributed by atoms with Crippen LogP contribution in [0.5, 0.6) is 0 Å². The van der Waals surface area contributed by atoms with E-state index in [9.17, 15) is 0 Å². The van der Waals surface area contributed by atoms with E-state index in [1.807, 2.05) is 6.07 Å². The highest BCUT2D eigenvalue weighted by atomic mass is 127. The molecule has 0 aliphatic carbocycles. The maximum absolute atomic E-state index is 5.89. The highest BCUT2D eigenvalue weighted by Crippen LogP contribution is 2.18. The maximum Gasteiger partial charge on any atom is 0.306 e. The summed E-state index contributed by atoms with van der Waals surface area (Å²) in [6, 6.07) is 8.28. The molecule has 2 heterocycles. The molecule has 0 atom stereocenters. The fourth-order valence-corrected chi connectivity index (χ4v) is 2.59. The van der Waals surface area contributed by atoms with Crippen molar-refractivity contribution < 1.29 is 4.98 Å². The number of nitrogens with one attached hydrogen (secondary N) is 3. The van der Waals surface area contributed by atoms with Crippen molar-refractivity contribution in [2.45, 2.75) is 6.54 Å². The lowest BCUT2D eigenvalue weighted by Gasteiger charge is -2.05. The predicted molar refractivity (Wildman–Crippen MR) is 81.9 cm³/mol. The lowest BCUT2D eigenvalue weighted by molar-refractivity contribution is -0.347. The summed E-state index contributed by atoms with van der Waals surface area (Å²) in [6.45, 7) is 0.679. The lowest BCUT2D eigenvalue weighted by atomic mass is 10.2. The minimum absolute atomic E-state index is 0.216. The van der Waals surface area contributed by atoms with Crippen LogP contribution < -0.4 is 10.3 Å². The first-order chi connectivity index (χ1) is 9.22. The minimum atomic E-state index is 0.216. The molecule has 0 radical (unpaired) electrons. The van der Waals surface area contributed by atoms with Crippen LogP contribution in [0.25, 0.3) is 11.2 Å². The maximum atomic E-state index is 5.89. The molecule has 0 saturated carbocycles. The molecule has 1 aromatic carbocycles. The van der Waals surface area contributed by atoms with Crippen LogP contribution in [0.3, 0.4) is 0 Å². The second-order valence-electron chi connectivity index (χ2n) is 3.98. The minimum Gasteiger partial charge on any atom is -0.363 e. The molecule has 3 N–H and O–H groups in total. The number of fused-ring (bicyclic) bond motifs is 1. The molecule has 3 aromatic rings. The van der Waals surface area contributed by atoms with Crippen LogP contribution in [0.4, 0.5) is 5.82 Å². The average molecular weight is 387 g/mol. The number of H-pyrrole nitrogens is 2. The summed E-state index contributed by atoms with van der Waals surface area (Å²) in [6.07, 6.45) is 1.70. The van der Waals surface area contributed by atoms with Gasteiger partial charge in [0.15, 0.2) is 12.1 Å². The summed E-state index contributed by atoms with van der Waals surface area (Å²) in [5, 5.41) is 3.48. The number of hydrogen-bond donors (Lipinski definition) is 2. The molecule has 19 heavy (non-hydrogen) atoms. The molecule has 0 fully saturated rings. The summed E-state index contributed by atoms with van der Waals surface area (Å²) in [5.74, 6) is 0.690. The van der Waals surface area contributed by atoms with Gasteiger partial charge in [-0.3, -0.25) is 4.98 Å². The van der Waals surface area contributed by atoms with E-state index in [2.05, 4.69) is 66.0 Å². The van der Waals surface area contributed by atoms with Gasteiger partial charge in [0.05, 0.1) is 0 Å². The number of benzene rings is 1. The van der Waals surface area contributed by atoms with E-state index in [1.165, 1.54) is 9.13 Å². The van der Waals surface area contributed by atoms with Crippen LogP contribution in [0.2, 0.25) is 5.28 Å². The summed E-state index contributed by atoms with van der Waals surface area (Å²) < 4.78 is 1.20. The first-order valence-electron chi connectivity index (χ1n) is 5.63. The van der Waals surface area contributed by atoms with Gasteiger partial charge in [0, 0.05) is 10.1 Å². The predicted octanol–water partition coefficient (Wildman–Crippen LogP) is 2.64. The van der Waals surface area contributed by atoms with Gasteiger partial charge in [-0.05, 0) is 51.9 Å². The van der Waals surface area contributed by atoms with Gasteiger partial charge in [-0.15, -0.1) is 0 Å². The molecule has 2 aromatic heterocycles. The molecule has 0 spiro atoms. The zero-order chi connectivity index (χ0) is 13.2. The Labute approximate surface area is 128 Å².